The van der Waals surface area contributed by atoms with Gasteiger partial charge in [0.15, 0.2) is 0 Å². The highest BCUT2D eigenvalue weighted by atomic mass is 28.2. The summed E-state index contributed by atoms with van der Waals surface area (Å²) in [4.78, 5) is 12.6. The smallest absolute Gasteiger partial charge is 0.343 e. The highest BCUT2D eigenvalue weighted by molar-refractivity contribution is 6.42. The molecule has 0 heterocycles. The Balaban J connectivity index is 1.30. The zero-order valence-electron chi connectivity index (χ0n) is 20.0. The van der Waals surface area contributed by atoms with Gasteiger partial charge in [-0.2, -0.15) is 5.26 Å². The SMILES string of the molecule is C[SiH2]CC[SiH2][C@H]1CC[C@H](c2ccc(C(=O)Oc3ccc(-c4ccc(C#N)cc4)cc3)cc2)CC1. The largest absolute Gasteiger partial charge is 0.423 e. The molecule has 0 saturated heterocycles. The molecule has 1 aliphatic rings. The van der Waals surface area contributed by atoms with E-state index >= 15 is 0 Å². The molecule has 0 aromatic heterocycles. The third-order valence-electron chi connectivity index (χ3n) is 7.09. The number of rotatable bonds is 8. The van der Waals surface area contributed by atoms with Crippen molar-refractivity contribution in [1.82, 2.24) is 0 Å². The van der Waals surface area contributed by atoms with Crippen molar-refractivity contribution < 1.29 is 9.53 Å². The molecule has 0 radical (unpaired) electrons. The Morgan fingerprint density at radius 2 is 1.50 bits per heavy atom. The number of hydrogen-bond acceptors (Lipinski definition) is 3. The van der Waals surface area contributed by atoms with Crippen molar-refractivity contribution in [3.8, 4) is 22.9 Å². The quantitative estimate of drug-likeness (QED) is 0.168. The van der Waals surface area contributed by atoms with Crippen LogP contribution < -0.4 is 4.74 Å². The lowest BCUT2D eigenvalue weighted by Gasteiger charge is -2.28. The first kappa shape index (κ1) is 24.2. The molecular weight excluding hydrogens is 450 g/mol. The summed E-state index contributed by atoms with van der Waals surface area (Å²) in [6.45, 7) is 2.43. The van der Waals surface area contributed by atoms with E-state index in [1.807, 2.05) is 48.5 Å². The fourth-order valence-corrected chi connectivity index (χ4v) is 9.76. The van der Waals surface area contributed by atoms with Crippen LogP contribution in [0, 0.1) is 11.3 Å². The highest BCUT2D eigenvalue weighted by Crippen LogP contribution is 2.38. The van der Waals surface area contributed by atoms with E-state index in [1.54, 1.807) is 24.2 Å². The Morgan fingerprint density at radius 1 is 0.882 bits per heavy atom. The van der Waals surface area contributed by atoms with E-state index in [2.05, 4.69) is 24.7 Å². The van der Waals surface area contributed by atoms with Gasteiger partial charge >= 0.3 is 5.97 Å². The molecule has 1 aliphatic carbocycles. The maximum atomic E-state index is 12.6. The van der Waals surface area contributed by atoms with Gasteiger partial charge in [-0.3, -0.25) is 0 Å². The molecule has 0 spiro atoms. The minimum absolute atomic E-state index is 0.147. The molecule has 3 aromatic rings. The minimum Gasteiger partial charge on any atom is -0.423 e. The van der Waals surface area contributed by atoms with E-state index in [1.165, 1.54) is 31.2 Å². The van der Waals surface area contributed by atoms with Crippen LogP contribution in [-0.4, -0.2) is 25.0 Å². The molecule has 0 bridgehead atoms. The first-order chi connectivity index (χ1) is 16.7. The van der Waals surface area contributed by atoms with Crippen LogP contribution in [0.5, 0.6) is 5.75 Å². The number of carbonyl (C=O) groups is 1. The number of nitrogens with zero attached hydrogens (tertiary/aromatic N) is 1. The summed E-state index contributed by atoms with van der Waals surface area (Å²) in [5.74, 6) is 0.845. The lowest BCUT2D eigenvalue weighted by atomic mass is 9.83. The van der Waals surface area contributed by atoms with Crippen LogP contribution in [0.25, 0.3) is 11.1 Å². The van der Waals surface area contributed by atoms with Gasteiger partial charge in [-0.25, -0.2) is 4.79 Å². The second-order valence-corrected chi connectivity index (χ2v) is 13.6. The molecule has 0 aliphatic heterocycles. The molecule has 5 heteroatoms. The Hall–Kier alpha value is -2.95. The second kappa shape index (κ2) is 12.0. The lowest BCUT2D eigenvalue weighted by Crippen LogP contribution is -2.14. The van der Waals surface area contributed by atoms with Crippen LogP contribution in [0.2, 0.25) is 24.2 Å². The van der Waals surface area contributed by atoms with Crippen molar-refractivity contribution in [3.63, 3.8) is 0 Å². The van der Waals surface area contributed by atoms with Gasteiger partial charge in [-0.05, 0) is 71.8 Å². The summed E-state index contributed by atoms with van der Waals surface area (Å²) >= 11 is 0. The Morgan fingerprint density at radius 3 is 2.09 bits per heavy atom. The van der Waals surface area contributed by atoms with Gasteiger partial charge in [-0.15, -0.1) is 0 Å². The van der Waals surface area contributed by atoms with E-state index in [9.17, 15) is 4.79 Å². The summed E-state index contributed by atoms with van der Waals surface area (Å²) in [5.41, 5.74) is 5.69. The molecule has 0 unspecified atom stereocenters. The van der Waals surface area contributed by atoms with Gasteiger partial charge in [0, 0.05) is 19.0 Å². The van der Waals surface area contributed by atoms with Crippen LogP contribution >= 0.6 is 0 Å². The minimum atomic E-state index is -0.327. The Bertz CT molecular complexity index is 1110. The summed E-state index contributed by atoms with van der Waals surface area (Å²) < 4.78 is 5.60. The van der Waals surface area contributed by atoms with Crippen molar-refractivity contribution in [2.75, 3.05) is 0 Å². The van der Waals surface area contributed by atoms with Crippen molar-refractivity contribution in [1.29, 1.82) is 5.26 Å². The molecule has 0 N–H and O–H groups in total. The number of benzene rings is 3. The zero-order chi connectivity index (χ0) is 23.8. The van der Waals surface area contributed by atoms with E-state index < -0.39 is 0 Å². The molecule has 1 fully saturated rings. The van der Waals surface area contributed by atoms with Gasteiger partial charge in [0.25, 0.3) is 0 Å². The third-order valence-corrected chi connectivity index (χ3v) is 11.8. The number of hydrogen-bond donors (Lipinski definition) is 0. The summed E-state index contributed by atoms with van der Waals surface area (Å²) in [6, 6.07) is 28.2. The maximum absolute atomic E-state index is 12.6. The molecular formula is C29H33NO2Si2. The summed E-state index contributed by atoms with van der Waals surface area (Å²) in [5, 5.41) is 8.94. The Kier molecular flexibility index (Phi) is 8.51. The van der Waals surface area contributed by atoms with Crippen LogP contribution in [-0.2, 0) is 0 Å². The highest BCUT2D eigenvalue weighted by Gasteiger charge is 2.22. The van der Waals surface area contributed by atoms with Crippen LogP contribution in [0.3, 0.4) is 0 Å². The van der Waals surface area contributed by atoms with Gasteiger partial charge in [0.1, 0.15) is 5.75 Å². The normalized spacial score (nSPS) is 18.4. The second-order valence-electron chi connectivity index (χ2n) is 9.44. The van der Waals surface area contributed by atoms with Gasteiger partial charge in [-0.1, -0.05) is 73.4 Å². The number of ether oxygens (including phenoxy) is 1. The monoisotopic (exact) mass is 483 g/mol. The molecule has 4 rings (SSSR count). The van der Waals surface area contributed by atoms with Crippen LogP contribution in [0.1, 0.15) is 53.1 Å². The summed E-state index contributed by atoms with van der Waals surface area (Å²) in [6.07, 6.45) is 5.42. The third kappa shape index (κ3) is 6.34. The molecule has 0 amide bonds. The number of nitriles is 1. The van der Waals surface area contributed by atoms with E-state index in [0.717, 1.165) is 16.7 Å². The molecule has 0 atom stereocenters. The predicted octanol–water partition coefficient (Wildman–Crippen LogP) is 6.11. The lowest BCUT2D eigenvalue weighted by molar-refractivity contribution is 0.0734. The first-order valence-corrected chi connectivity index (χ1v) is 16.8. The summed E-state index contributed by atoms with van der Waals surface area (Å²) in [7, 11) is 0.405. The van der Waals surface area contributed by atoms with Crippen molar-refractivity contribution >= 4 is 25.0 Å². The van der Waals surface area contributed by atoms with Gasteiger partial charge in [0.05, 0.1) is 17.2 Å². The van der Waals surface area contributed by atoms with Gasteiger partial charge in [0.2, 0.25) is 0 Å². The van der Waals surface area contributed by atoms with Crippen LogP contribution in [0.15, 0.2) is 72.8 Å². The fourth-order valence-electron chi connectivity index (χ4n) is 4.98. The average Bonchev–Trinajstić information content (AvgIpc) is 2.90. The number of carbonyl (C=O) groups excluding carboxylic acids is 1. The van der Waals surface area contributed by atoms with E-state index in [4.69, 9.17) is 10.00 Å². The molecule has 3 nitrogen and oxygen atoms in total. The maximum Gasteiger partial charge on any atom is 0.343 e. The van der Waals surface area contributed by atoms with Crippen LogP contribution in [0.4, 0.5) is 0 Å². The molecule has 3 aromatic carbocycles. The molecule has 174 valence electrons. The van der Waals surface area contributed by atoms with Crippen molar-refractivity contribution in [3.05, 3.63) is 89.5 Å². The number of esters is 1. The predicted molar refractivity (Wildman–Crippen MR) is 146 cm³/mol. The van der Waals surface area contributed by atoms with E-state index in [-0.39, 0.29) is 25.0 Å². The van der Waals surface area contributed by atoms with E-state index in [0.29, 0.717) is 22.8 Å². The standard InChI is InChI=1S/C29H33NO2Si2/c1-33-18-19-34-28-16-12-25(13-17-28)23-6-8-26(9-7-23)29(31)32-27-14-10-24(11-15-27)22-4-2-21(20-30)3-5-22/h2-11,14-15,25,28H,12-13,16-19,33-34H2,1H3/t25-,28-. The molecule has 34 heavy (non-hydrogen) atoms. The molecule has 1 saturated carbocycles. The van der Waals surface area contributed by atoms with Gasteiger partial charge < -0.3 is 4.74 Å². The zero-order valence-corrected chi connectivity index (χ0v) is 22.8. The van der Waals surface area contributed by atoms with Crippen molar-refractivity contribution in [2.45, 2.75) is 55.8 Å². The Labute approximate surface area is 207 Å². The first-order valence-electron chi connectivity index (χ1n) is 12.6. The fraction of sp³-hybridized carbons (Fsp3) is 0.310. The topological polar surface area (TPSA) is 50.1 Å². The average molecular weight is 484 g/mol. The van der Waals surface area contributed by atoms with Crippen molar-refractivity contribution in [2.24, 2.45) is 0 Å².